The molecule has 0 saturated carbocycles. The van der Waals surface area contributed by atoms with Gasteiger partial charge in [0.15, 0.2) is 5.78 Å². The van der Waals surface area contributed by atoms with Crippen LogP contribution in [0.25, 0.3) is 5.69 Å². The Morgan fingerprint density at radius 2 is 1.68 bits per heavy atom. The molecule has 0 bridgehead atoms. The molecule has 3 rings (SSSR count). The standard InChI is InChI=1S/C24H23N3O4/c1-14-6-15(2)8-20(7-14)27-16(3)9-21(17(27)4)22(28)13-26-12-19(24(30)31-5)10-18(11-25)23(26)29/h6-10,12H,13H2,1-5H3. The average molecular weight is 417 g/mol. The van der Waals surface area contributed by atoms with Crippen LogP contribution in [0.3, 0.4) is 0 Å². The van der Waals surface area contributed by atoms with E-state index in [2.05, 4.69) is 10.8 Å². The van der Waals surface area contributed by atoms with E-state index in [-0.39, 0.29) is 23.5 Å². The Morgan fingerprint density at radius 3 is 2.26 bits per heavy atom. The summed E-state index contributed by atoms with van der Waals surface area (Å²) in [6, 6.07) is 10.9. The van der Waals surface area contributed by atoms with Gasteiger partial charge in [-0.15, -0.1) is 0 Å². The van der Waals surface area contributed by atoms with E-state index >= 15 is 0 Å². The highest BCUT2D eigenvalue weighted by molar-refractivity contribution is 5.97. The number of methoxy groups -OCH3 is 1. The molecule has 2 heterocycles. The highest BCUT2D eigenvalue weighted by atomic mass is 16.5. The second kappa shape index (κ2) is 8.44. The Bertz CT molecular complexity index is 1290. The third-order valence-corrected chi connectivity index (χ3v) is 5.14. The average Bonchev–Trinajstić information content (AvgIpc) is 3.02. The molecule has 7 nitrogen and oxygen atoms in total. The van der Waals surface area contributed by atoms with E-state index in [1.54, 1.807) is 12.1 Å². The molecule has 0 aliphatic rings. The molecule has 7 heteroatoms. The quantitative estimate of drug-likeness (QED) is 0.468. The van der Waals surface area contributed by atoms with Crippen LogP contribution in [0.1, 0.15) is 48.8 Å². The molecular weight excluding hydrogens is 394 g/mol. The molecule has 0 spiro atoms. The summed E-state index contributed by atoms with van der Waals surface area (Å²) in [6.07, 6.45) is 1.25. The summed E-state index contributed by atoms with van der Waals surface area (Å²) in [4.78, 5) is 37.5. The number of benzene rings is 1. The van der Waals surface area contributed by atoms with E-state index in [0.717, 1.165) is 32.8 Å². The van der Waals surface area contributed by atoms with Crippen molar-refractivity contribution >= 4 is 11.8 Å². The lowest BCUT2D eigenvalue weighted by Crippen LogP contribution is -2.27. The van der Waals surface area contributed by atoms with Crippen molar-refractivity contribution in [1.29, 1.82) is 5.26 Å². The highest BCUT2D eigenvalue weighted by Crippen LogP contribution is 2.23. The van der Waals surface area contributed by atoms with Crippen LogP contribution in [0.5, 0.6) is 0 Å². The van der Waals surface area contributed by atoms with Gasteiger partial charge in [-0.25, -0.2) is 4.79 Å². The van der Waals surface area contributed by atoms with Crippen LogP contribution in [0.2, 0.25) is 0 Å². The Morgan fingerprint density at radius 1 is 1.03 bits per heavy atom. The maximum absolute atomic E-state index is 13.1. The zero-order valence-electron chi connectivity index (χ0n) is 18.1. The van der Waals surface area contributed by atoms with Crippen molar-refractivity contribution in [3.63, 3.8) is 0 Å². The molecule has 0 atom stereocenters. The van der Waals surface area contributed by atoms with Gasteiger partial charge >= 0.3 is 5.97 Å². The fourth-order valence-electron chi connectivity index (χ4n) is 3.82. The molecule has 0 radical (unpaired) electrons. The fraction of sp³-hybridized carbons (Fsp3) is 0.250. The number of aromatic nitrogens is 2. The molecule has 0 amide bonds. The minimum Gasteiger partial charge on any atom is -0.465 e. The van der Waals surface area contributed by atoms with Crippen molar-refractivity contribution in [3.05, 3.63) is 86.1 Å². The number of Topliss-reactive ketones (excluding diaryl/α,β-unsaturated/α-hetero) is 1. The van der Waals surface area contributed by atoms with Crippen LogP contribution >= 0.6 is 0 Å². The van der Waals surface area contributed by atoms with Crippen molar-refractivity contribution in [2.24, 2.45) is 0 Å². The van der Waals surface area contributed by atoms with Crippen molar-refractivity contribution in [3.8, 4) is 11.8 Å². The van der Waals surface area contributed by atoms with Gasteiger partial charge in [0, 0.05) is 28.8 Å². The topological polar surface area (TPSA) is 94.1 Å². The minimum atomic E-state index is -0.689. The van der Waals surface area contributed by atoms with Gasteiger partial charge in [-0.2, -0.15) is 5.26 Å². The van der Waals surface area contributed by atoms with Crippen molar-refractivity contribution in [2.75, 3.05) is 7.11 Å². The SMILES string of the molecule is COC(=O)c1cc(C#N)c(=O)n(CC(=O)c2cc(C)n(-c3cc(C)cc(C)c3)c2C)c1. The third kappa shape index (κ3) is 4.19. The molecule has 0 saturated heterocycles. The van der Waals surface area contributed by atoms with E-state index in [0.29, 0.717) is 5.56 Å². The number of nitrogens with zero attached hydrogens (tertiary/aromatic N) is 3. The van der Waals surface area contributed by atoms with Crippen LogP contribution in [-0.2, 0) is 11.3 Å². The van der Waals surface area contributed by atoms with Crippen LogP contribution in [0.4, 0.5) is 0 Å². The van der Waals surface area contributed by atoms with Gasteiger partial charge < -0.3 is 13.9 Å². The Labute approximate surface area is 180 Å². The number of pyridine rings is 1. The summed E-state index contributed by atoms with van der Waals surface area (Å²) in [6.45, 7) is 7.51. The maximum Gasteiger partial charge on any atom is 0.339 e. The fourth-order valence-corrected chi connectivity index (χ4v) is 3.82. The Hall–Kier alpha value is -3.92. The monoisotopic (exact) mass is 417 g/mol. The summed E-state index contributed by atoms with van der Waals surface area (Å²) in [5.74, 6) is -0.984. The Kier molecular flexibility index (Phi) is 5.93. The zero-order valence-corrected chi connectivity index (χ0v) is 18.1. The molecule has 0 aliphatic carbocycles. The summed E-state index contributed by atoms with van der Waals surface area (Å²) < 4.78 is 7.76. The molecule has 2 aromatic heterocycles. The van der Waals surface area contributed by atoms with Gasteiger partial charge in [0.1, 0.15) is 11.6 Å². The summed E-state index contributed by atoms with van der Waals surface area (Å²) >= 11 is 0. The summed E-state index contributed by atoms with van der Waals surface area (Å²) in [5.41, 5.74) is 4.49. The van der Waals surface area contributed by atoms with Crippen LogP contribution in [0, 0.1) is 39.0 Å². The number of ketones is 1. The van der Waals surface area contributed by atoms with E-state index in [4.69, 9.17) is 0 Å². The van der Waals surface area contributed by atoms with Gasteiger partial charge in [0.05, 0.1) is 19.2 Å². The predicted molar refractivity (Wildman–Crippen MR) is 116 cm³/mol. The first kappa shape index (κ1) is 21.8. The lowest BCUT2D eigenvalue weighted by atomic mass is 10.1. The van der Waals surface area contributed by atoms with Crippen LogP contribution < -0.4 is 5.56 Å². The third-order valence-electron chi connectivity index (χ3n) is 5.14. The smallest absolute Gasteiger partial charge is 0.339 e. The zero-order chi connectivity index (χ0) is 22.9. The number of esters is 1. The number of carbonyl (C=O) groups excluding carboxylic acids is 2. The van der Waals surface area contributed by atoms with Gasteiger partial charge in [0.25, 0.3) is 5.56 Å². The molecule has 31 heavy (non-hydrogen) atoms. The molecule has 0 fully saturated rings. The molecule has 158 valence electrons. The number of nitriles is 1. The molecule has 0 unspecified atom stereocenters. The number of hydrogen-bond acceptors (Lipinski definition) is 5. The number of carbonyl (C=O) groups is 2. The largest absolute Gasteiger partial charge is 0.465 e. The van der Waals surface area contributed by atoms with Gasteiger partial charge in [-0.05, 0) is 63.1 Å². The van der Waals surface area contributed by atoms with Crippen molar-refractivity contribution < 1.29 is 14.3 Å². The molecule has 0 aliphatic heterocycles. The first-order chi connectivity index (χ1) is 14.7. The minimum absolute atomic E-state index is 0.0344. The van der Waals surface area contributed by atoms with E-state index < -0.39 is 11.5 Å². The predicted octanol–water partition coefficient (Wildman–Crippen LogP) is 3.41. The number of rotatable bonds is 5. The lowest BCUT2D eigenvalue weighted by molar-refractivity contribution is 0.0599. The maximum atomic E-state index is 13.1. The van der Waals surface area contributed by atoms with Crippen LogP contribution in [-0.4, -0.2) is 28.0 Å². The normalized spacial score (nSPS) is 10.6. The van der Waals surface area contributed by atoms with Crippen LogP contribution in [0.15, 0.2) is 41.3 Å². The van der Waals surface area contributed by atoms with E-state index in [9.17, 15) is 19.6 Å². The van der Waals surface area contributed by atoms with Gasteiger partial charge in [-0.1, -0.05) is 6.07 Å². The molecule has 0 N–H and O–H groups in total. The Balaban J connectivity index is 2.03. The van der Waals surface area contributed by atoms with Crippen molar-refractivity contribution in [2.45, 2.75) is 34.2 Å². The molecule has 3 aromatic rings. The number of hydrogen-bond donors (Lipinski definition) is 0. The lowest BCUT2D eigenvalue weighted by Gasteiger charge is -2.12. The van der Waals surface area contributed by atoms with Gasteiger partial charge in [-0.3, -0.25) is 9.59 Å². The summed E-state index contributed by atoms with van der Waals surface area (Å²) in [7, 11) is 1.21. The highest BCUT2D eigenvalue weighted by Gasteiger charge is 2.20. The molecule has 1 aromatic carbocycles. The second-order valence-electron chi connectivity index (χ2n) is 7.57. The number of aryl methyl sites for hydroxylation is 3. The van der Waals surface area contributed by atoms with E-state index in [1.807, 2.05) is 44.4 Å². The second-order valence-corrected chi connectivity index (χ2v) is 7.57. The summed E-state index contributed by atoms with van der Waals surface area (Å²) in [5, 5.41) is 9.22. The van der Waals surface area contributed by atoms with Crippen molar-refractivity contribution in [1.82, 2.24) is 9.13 Å². The number of ether oxygens (including phenoxy) is 1. The first-order valence-electron chi connectivity index (χ1n) is 9.70. The van der Waals surface area contributed by atoms with Gasteiger partial charge in [0.2, 0.25) is 0 Å². The van der Waals surface area contributed by atoms with E-state index in [1.165, 1.54) is 19.4 Å². The molecular formula is C24H23N3O4. The first-order valence-corrected chi connectivity index (χ1v) is 9.70.